The van der Waals surface area contributed by atoms with Crippen molar-refractivity contribution in [1.29, 1.82) is 0 Å². The van der Waals surface area contributed by atoms with E-state index in [0.29, 0.717) is 18.8 Å². The van der Waals surface area contributed by atoms with Crippen LogP contribution in [0.5, 0.6) is 0 Å². The summed E-state index contributed by atoms with van der Waals surface area (Å²) in [6.45, 7) is 2.61. The normalized spacial score (nSPS) is 13.5. The van der Waals surface area contributed by atoms with Gasteiger partial charge in [-0.25, -0.2) is 21.6 Å². The van der Waals surface area contributed by atoms with Crippen molar-refractivity contribution in [3.05, 3.63) is 77.9 Å². The summed E-state index contributed by atoms with van der Waals surface area (Å²) >= 11 is 0. The first kappa shape index (κ1) is 22.9. The second-order valence-electron chi connectivity index (χ2n) is 7.53. The monoisotopic (exact) mass is 486 g/mol. The van der Waals surface area contributed by atoms with Crippen LogP contribution in [0.15, 0.2) is 75.7 Å². The van der Waals surface area contributed by atoms with Crippen molar-refractivity contribution in [2.24, 2.45) is 0 Å². The maximum Gasteiger partial charge on any atom is 0.318 e. The molecule has 2 aromatic heterocycles. The standard InChI is InChI=1S/C22H22N4O5S2/c1-2-32(28,29)19-4-3-5-20(10-19)33(30,31)21-7-6-18(24-13-21)12-25-22(27)26-14-16-8-9-23-11-17(16)15-26/h3-11,13H,2,12,14-15H2,1H3,(H,25,27). The lowest BCUT2D eigenvalue weighted by molar-refractivity contribution is 0.198. The third-order valence-electron chi connectivity index (χ3n) is 5.40. The molecule has 33 heavy (non-hydrogen) atoms. The van der Waals surface area contributed by atoms with E-state index in [1.165, 1.54) is 43.5 Å². The molecule has 0 spiro atoms. The second kappa shape index (κ2) is 8.91. The van der Waals surface area contributed by atoms with Gasteiger partial charge in [-0.05, 0) is 47.5 Å². The van der Waals surface area contributed by atoms with Crippen LogP contribution in [0.4, 0.5) is 4.79 Å². The van der Waals surface area contributed by atoms with Gasteiger partial charge < -0.3 is 10.2 Å². The lowest BCUT2D eigenvalue weighted by Gasteiger charge is -2.16. The summed E-state index contributed by atoms with van der Waals surface area (Å²) in [5.41, 5.74) is 2.56. The highest BCUT2D eigenvalue weighted by Crippen LogP contribution is 2.24. The van der Waals surface area contributed by atoms with Gasteiger partial charge in [0.2, 0.25) is 9.84 Å². The molecule has 0 saturated heterocycles. The number of carbonyl (C=O) groups is 1. The summed E-state index contributed by atoms with van der Waals surface area (Å²) in [4.78, 5) is 22.1. The fourth-order valence-corrected chi connectivity index (χ4v) is 5.70. The fourth-order valence-electron chi connectivity index (χ4n) is 3.45. The number of rotatable bonds is 6. The molecule has 3 heterocycles. The van der Waals surface area contributed by atoms with Crippen LogP contribution in [0.25, 0.3) is 0 Å². The largest absolute Gasteiger partial charge is 0.332 e. The number of hydrogen-bond acceptors (Lipinski definition) is 7. The van der Waals surface area contributed by atoms with Gasteiger partial charge in [0.05, 0.1) is 32.7 Å². The average Bonchev–Trinajstić information content (AvgIpc) is 3.27. The Hall–Kier alpha value is -3.31. The number of carbonyl (C=O) groups excluding carboxylic acids is 1. The van der Waals surface area contributed by atoms with Gasteiger partial charge >= 0.3 is 6.03 Å². The van der Waals surface area contributed by atoms with Gasteiger partial charge in [0.25, 0.3) is 0 Å². The molecule has 9 nitrogen and oxygen atoms in total. The predicted octanol–water partition coefficient (Wildman–Crippen LogP) is 2.33. The van der Waals surface area contributed by atoms with E-state index in [1.54, 1.807) is 17.3 Å². The van der Waals surface area contributed by atoms with Crippen molar-refractivity contribution in [2.75, 3.05) is 5.75 Å². The molecule has 0 atom stereocenters. The minimum Gasteiger partial charge on any atom is -0.332 e. The minimum atomic E-state index is -3.95. The Labute approximate surface area is 192 Å². The molecule has 1 aromatic carbocycles. The van der Waals surface area contributed by atoms with Crippen LogP contribution >= 0.6 is 0 Å². The average molecular weight is 487 g/mol. The maximum absolute atomic E-state index is 12.9. The summed E-state index contributed by atoms with van der Waals surface area (Å²) in [7, 11) is -7.49. The van der Waals surface area contributed by atoms with E-state index in [-0.39, 0.29) is 33.0 Å². The number of amides is 2. The number of hydrogen-bond donors (Lipinski definition) is 1. The van der Waals surface area contributed by atoms with E-state index < -0.39 is 19.7 Å². The maximum atomic E-state index is 12.9. The molecular formula is C22H22N4O5S2. The van der Waals surface area contributed by atoms with Crippen molar-refractivity contribution in [1.82, 2.24) is 20.2 Å². The number of urea groups is 1. The van der Waals surface area contributed by atoms with Gasteiger partial charge in [0, 0.05) is 31.7 Å². The molecule has 3 aromatic rings. The van der Waals surface area contributed by atoms with Crippen LogP contribution in [0.2, 0.25) is 0 Å². The first-order chi connectivity index (χ1) is 15.7. The Morgan fingerprint density at radius 3 is 2.42 bits per heavy atom. The zero-order valence-electron chi connectivity index (χ0n) is 17.8. The van der Waals surface area contributed by atoms with Gasteiger partial charge in [0.15, 0.2) is 9.84 Å². The third kappa shape index (κ3) is 4.74. The number of sulfone groups is 2. The number of nitrogens with one attached hydrogen (secondary N) is 1. The lowest BCUT2D eigenvalue weighted by Crippen LogP contribution is -2.36. The Morgan fingerprint density at radius 2 is 1.73 bits per heavy atom. The summed E-state index contributed by atoms with van der Waals surface area (Å²) in [5, 5.41) is 2.78. The van der Waals surface area contributed by atoms with Gasteiger partial charge in [-0.1, -0.05) is 13.0 Å². The van der Waals surface area contributed by atoms with Crippen molar-refractivity contribution in [3.8, 4) is 0 Å². The molecule has 2 amide bonds. The molecule has 11 heteroatoms. The Bertz CT molecular complexity index is 1380. The van der Waals surface area contributed by atoms with Gasteiger partial charge in [0.1, 0.15) is 0 Å². The summed E-state index contributed by atoms with van der Waals surface area (Å²) < 4.78 is 50.1. The molecule has 1 aliphatic heterocycles. The van der Waals surface area contributed by atoms with Crippen molar-refractivity contribution in [3.63, 3.8) is 0 Å². The second-order valence-corrected chi connectivity index (χ2v) is 11.8. The number of pyridine rings is 2. The third-order valence-corrected chi connectivity index (χ3v) is 8.87. The predicted molar refractivity (Wildman–Crippen MR) is 120 cm³/mol. The van der Waals surface area contributed by atoms with Crippen molar-refractivity contribution < 1.29 is 21.6 Å². The van der Waals surface area contributed by atoms with Gasteiger partial charge in [-0.15, -0.1) is 0 Å². The molecule has 1 aliphatic rings. The smallest absolute Gasteiger partial charge is 0.318 e. The molecule has 0 unspecified atom stereocenters. The number of nitrogens with zero attached hydrogens (tertiary/aromatic N) is 3. The summed E-state index contributed by atoms with van der Waals surface area (Å²) in [6.07, 6.45) is 4.64. The quantitative estimate of drug-likeness (QED) is 0.567. The zero-order valence-corrected chi connectivity index (χ0v) is 19.4. The first-order valence-corrected chi connectivity index (χ1v) is 13.3. The Balaban J connectivity index is 1.43. The van der Waals surface area contributed by atoms with Crippen LogP contribution in [0.1, 0.15) is 23.7 Å². The highest BCUT2D eigenvalue weighted by molar-refractivity contribution is 7.92. The highest BCUT2D eigenvalue weighted by Gasteiger charge is 2.24. The number of aromatic nitrogens is 2. The molecule has 0 fully saturated rings. The minimum absolute atomic E-state index is 0.0433. The molecule has 0 bridgehead atoms. The molecule has 0 saturated carbocycles. The van der Waals surface area contributed by atoms with E-state index >= 15 is 0 Å². The highest BCUT2D eigenvalue weighted by atomic mass is 32.2. The van der Waals surface area contributed by atoms with Crippen molar-refractivity contribution in [2.45, 2.75) is 41.2 Å². The molecule has 0 radical (unpaired) electrons. The van der Waals surface area contributed by atoms with Crippen LogP contribution in [0.3, 0.4) is 0 Å². The zero-order chi connectivity index (χ0) is 23.6. The van der Waals surface area contributed by atoms with E-state index in [2.05, 4.69) is 15.3 Å². The molecule has 1 N–H and O–H groups in total. The van der Waals surface area contributed by atoms with E-state index in [4.69, 9.17) is 0 Å². The van der Waals surface area contributed by atoms with E-state index in [9.17, 15) is 21.6 Å². The lowest BCUT2D eigenvalue weighted by atomic mass is 10.2. The van der Waals surface area contributed by atoms with E-state index in [1.807, 2.05) is 6.07 Å². The van der Waals surface area contributed by atoms with Crippen LogP contribution < -0.4 is 5.32 Å². The summed E-state index contributed by atoms with van der Waals surface area (Å²) in [6, 6.07) is 9.82. The Kier molecular flexibility index (Phi) is 6.17. The van der Waals surface area contributed by atoms with Gasteiger partial charge in [-0.3, -0.25) is 9.97 Å². The SMILES string of the molecule is CCS(=O)(=O)c1cccc(S(=O)(=O)c2ccc(CNC(=O)N3Cc4ccncc4C3)nc2)c1. The van der Waals surface area contributed by atoms with Gasteiger partial charge in [-0.2, -0.15) is 0 Å². The number of benzene rings is 1. The van der Waals surface area contributed by atoms with Crippen LogP contribution in [-0.2, 0) is 39.3 Å². The van der Waals surface area contributed by atoms with E-state index in [0.717, 1.165) is 17.2 Å². The topological polar surface area (TPSA) is 126 Å². The van der Waals surface area contributed by atoms with Crippen LogP contribution in [0, 0.1) is 0 Å². The van der Waals surface area contributed by atoms with Crippen LogP contribution in [-0.4, -0.2) is 43.5 Å². The first-order valence-electron chi connectivity index (χ1n) is 10.2. The molecular weight excluding hydrogens is 464 g/mol. The summed E-state index contributed by atoms with van der Waals surface area (Å²) in [5.74, 6) is -0.126. The molecule has 172 valence electrons. The number of fused-ring (bicyclic) bond motifs is 1. The molecule has 4 rings (SSSR count). The molecule has 0 aliphatic carbocycles. The fraction of sp³-hybridized carbons (Fsp3) is 0.227. The Morgan fingerprint density at radius 1 is 0.970 bits per heavy atom. The van der Waals surface area contributed by atoms with Crippen molar-refractivity contribution >= 4 is 25.7 Å².